The monoisotopic (exact) mass is 453 g/mol. The van der Waals surface area contributed by atoms with Crippen molar-refractivity contribution in [2.75, 3.05) is 26.1 Å². The van der Waals surface area contributed by atoms with Gasteiger partial charge in [0.25, 0.3) is 5.91 Å². The highest BCUT2D eigenvalue weighted by atomic mass is 35.5. The number of amides is 1. The van der Waals surface area contributed by atoms with E-state index in [0.717, 1.165) is 10.1 Å². The van der Waals surface area contributed by atoms with Crippen LogP contribution in [-0.2, 0) is 4.74 Å². The Bertz CT molecular complexity index is 1100. The zero-order valence-electron chi connectivity index (χ0n) is 15.8. The second kappa shape index (κ2) is 8.90. The number of fused-ring (bicyclic) bond motifs is 1. The van der Waals surface area contributed by atoms with Gasteiger partial charge >= 0.3 is 5.97 Å². The second-order valence-electron chi connectivity index (χ2n) is 5.81. The van der Waals surface area contributed by atoms with Crippen molar-refractivity contribution in [3.63, 3.8) is 0 Å². The predicted octanol–water partition coefficient (Wildman–Crippen LogP) is 5.65. The van der Waals surface area contributed by atoms with E-state index in [9.17, 15) is 9.59 Å². The summed E-state index contributed by atoms with van der Waals surface area (Å²) in [6.45, 7) is 1.91. The van der Waals surface area contributed by atoms with Crippen molar-refractivity contribution in [2.45, 2.75) is 6.92 Å². The van der Waals surface area contributed by atoms with Crippen molar-refractivity contribution < 1.29 is 23.8 Å². The minimum Gasteiger partial charge on any atom is -0.497 e. The van der Waals surface area contributed by atoms with Crippen LogP contribution in [0.3, 0.4) is 0 Å². The molecule has 0 aliphatic rings. The molecule has 6 nitrogen and oxygen atoms in total. The number of nitrogens with one attached hydrogen (secondary N) is 1. The smallest absolute Gasteiger partial charge is 0.341 e. The van der Waals surface area contributed by atoms with Gasteiger partial charge in [-0.1, -0.05) is 23.2 Å². The van der Waals surface area contributed by atoms with Gasteiger partial charge in [-0.15, -0.1) is 11.3 Å². The molecular formula is C20H17Cl2NO5S. The van der Waals surface area contributed by atoms with Crippen LogP contribution >= 0.6 is 34.5 Å². The average molecular weight is 454 g/mol. The van der Waals surface area contributed by atoms with Gasteiger partial charge in [0, 0.05) is 16.2 Å². The van der Waals surface area contributed by atoms with Crippen LogP contribution in [0, 0.1) is 0 Å². The van der Waals surface area contributed by atoms with Gasteiger partial charge in [-0.2, -0.15) is 0 Å². The Kier molecular flexibility index (Phi) is 6.52. The second-order valence-corrected chi connectivity index (χ2v) is 7.65. The first-order valence-electron chi connectivity index (χ1n) is 8.51. The summed E-state index contributed by atoms with van der Waals surface area (Å²) in [6, 6.07) is 8.27. The zero-order chi connectivity index (χ0) is 21.1. The Labute approximate surface area is 181 Å². The number of ether oxygens (including phenoxy) is 3. The van der Waals surface area contributed by atoms with Gasteiger partial charge in [-0.3, -0.25) is 4.79 Å². The predicted molar refractivity (Wildman–Crippen MR) is 115 cm³/mol. The van der Waals surface area contributed by atoms with E-state index in [2.05, 4.69) is 5.32 Å². The Morgan fingerprint density at radius 1 is 1.10 bits per heavy atom. The zero-order valence-corrected chi connectivity index (χ0v) is 18.1. The summed E-state index contributed by atoms with van der Waals surface area (Å²) in [5, 5.41) is 3.94. The molecule has 3 aromatic rings. The lowest BCUT2D eigenvalue weighted by Crippen LogP contribution is -2.12. The molecule has 9 heteroatoms. The minimum absolute atomic E-state index is 0.168. The highest BCUT2D eigenvalue weighted by molar-refractivity contribution is 7.21. The number of hydrogen-bond donors (Lipinski definition) is 1. The lowest BCUT2D eigenvalue weighted by molar-refractivity contribution is 0.0522. The lowest BCUT2D eigenvalue weighted by Gasteiger charge is -2.12. The van der Waals surface area contributed by atoms with E-state index in [0.29, 0.717) is 15.6 Å². The summed E-state index contributed by atoms with van der Waals surface area (Å²) in [5.41, 5.74) is 0.456. The molecule has 1 heterocycles. The van der Waals surface area contributed by atoms with Crippen LogP contribution in [0.5, 0.6) is 11.5 Å². The van der Waals surface area contributed by atoms with Crippen LogP contribution in [0.4, 0.5) is 5.69 Å². The molecule has 152 valence electrons. The molecule has 3 rings (SSSR count). The number of hydrogen-bond acceptors (Lipinski definition) is 6. The fraction of sp³-hybridized carbons (Fsp3) is 0.200. The van der Waals surface area contributed by atoms with E-state index in [-0.39, 0.29) is 28.6 Å². The summed E-state index contributed by atoms with van der Waals surface area (Å²) in [5.74, 6) is -0.115. The number of anilines is 1. The number of carbonyl (C=O) groups is 2. The maximum absolute atomic E-state index is 12.8. The molecule has 0 unspecified atom stereocenters. The van der Waals surface area contributed by atoms with E-state index in [1.165, 1.54) is 30.6 Å². The van der Waals surface area contributed by atoms with Gasteiger partial charge in [-0.05, 0) is 31.2 Å². The summed E-state index contributed by atoms with van der Waals surface area (Å²) in [7, 11) is 2.97. The average Bonchev–Trinajstić information content (AvgIpc) is 3.05. The van der Waals surface area contributed by atoms with E-state index >= 15 is 0 Å². The van der Waals surface area contributed by atoms with Crippen molar-refractivity contribution >= 4 is 62.2 Å². The summed E-state index contributed by atoms with van der Waals surface area (Å²) >= 11 is 13.9. The molecule has 0 aliphatic carbocycles. The fourth-order valence-corrected chi connectivity index (χ4v) is 4.28. The molecule has 0 saturated carbocycles. The molecule has 0 fully saturated rings. The van der Waals surface area contributed by atoms with Crippen molar-refractivity contribution in [3.8, 4) is 11.5 Å². The van der Waals surface area contributed by atoms with E-state index in [4.69, 9.17) is 37.4 Å². The molecule has 0 atom stereocenters. The summed E-state index contributed by atoms with van der Waals surface area (Å²) in [6.07, 6.45) is 0. The van der Waals surface area contributed by atoms with Gasteiger partial charge in [0.15, 0.2) is 0 Å². The molecule has 1 aromatic heterocycles. The van der Waals surface area contributed by atoms with Gasteiger partial charge < -0.3 is 19.5 Å². The molecule has 0 radical (unpaired) electrons. The molecule has 0 aliphatic heterocycles. The number of rotatable bonds is 6. The first-order chi connectivity index (χ1) is 13.9. The van der Waals surface area contributed by atoms with Gasteiger partial charge in [-0.25, -0.2) is 4.79 Å². The maximum Gasteiger partial charge on any atom is 0.341 e. The lowest BCUT2D eigenvalue weighted by atomic mass is 10.1. The number of halogens is 2. The van der Waals surface area contributed by atoms with Gasteiger partial charge in [0.2, 0.25) is 0 Å². The Hall–Kier alpha value is -2.48. The topological polar surface area (TPSA) is 73.9 Å². The molecule has 29 heavy (non-hydrogen) atoms. The third-order valence-electron chi connectivity index (χ3n) is 4.07. The van der Waals surface area contributed by atoms with Crippen molar-refractivity contribution in [1.29, 1.82) is 0 Å². The van der Waals surface area contributed by atoms with Gasteiger partial charge in [0.1, 0.15) is 21.9 Å². The summed E-state index contributed by atoms with van der Waals surface area (Å²) < 4.78 is 16.3. The van der Waals surface area contributed by atoms with Crippen LogP contribution in [0.2, 0.25) is 10.0 Å². The van der Waals surface area contributed by atoms with E-state index < -0.39 is 11.9 Å². The molecule has 1 N–H and O–H groups in total. The first kappa shape index (κ1) is 21.2. The summed E-state index contributed by atoms with van der Waals surface area (Å²) in [4.78, 5) is 25.2. The standard InChI is InChI=1S/C20H17Cl2NO5S/c1-4-28-20(25)11-8-13(21)14(9-15(11)27-3)23-19(24)18-17(22)12-7-10(26-2)5-6-16(12)29-18/h5-9H,4H2,1-3H3,(H,23,24). The molecule has 1 amide bonds. The highest BCUT2D eigenvalue weighted by Gasteiger charge is 2.21. The van der Waals surface area contributed by atoms with Gasteiger partial charge in [0.05, 0.1) is 36.6 Å². The third-order valence-corrected chi connectivity index (χ3v) is 6.06. The number of carbonyl (C=O) groups excluding carboxylic acids is 2. The van der Waals surface area contributed by atoms with E-state index in [1.807, 2.05) is 6.07 Å². The minimum atomic E-state index is -0.564. The molecule has 2 aromatic carbocycles. The quantitative estimate of drug-likeness (QED) is 0.487. The van der Waals surface area contributed by atoms with E-state index in [1.54, 1.807) is 26.2 Å². The SMILES string of the molecule is CCOC(=O)c1cc(Cl)c(NC(=O)c2sc3ccc(OC)cc3c2Cl)cc1OC. The molecule has 0 spiro atoms. The number of esters is 1. The third kappa shape index (κ3) is 4.27. The first-order valence-corrected chi connectivity index (χ1v) is 10.1. The largest absolute Gasteiger partial charge is 0.497 e. The Balaban J connectivity index is 1.94. The van der Waals surface area contributed by atoms with Crippen LogP contribution < -0.4 is 14.8 Å². The van der Waals surface area contributed by atoms with Crippen molar-refractivity contribution in [2.24, 2.45) is 0 Å². The molecule has 0 bridgehead atoms. The maximum atomic E-state index is 12.8. The Morgan fingerprint density at radius 2 is 1.86 bits per heavy atom. The van der Waals surface area contributed by atoms with Crippen LogP contribution in [0.15, 0.2) is 30.3 Å². The number of thiophene rings is 1. The van der Waals surface area contributed by atoms with Crippen LogP contribution in [-0.4, -0.2) is 32.7 Å². The fourth-order valence-electron chi connectivity index (χ4n) is 2.69. The molecular weight excluding hydrogens is 437 g/mol. The highest BCUT2D eigenvalue weighted by Crippen LogP contribution is 2.38. The van der Waals surface area contributed by atoms with Crippen molar-refractivity contribution in [1.82, 2.24) is 0 Å². The van der Waals surface area contributed by atoms with Crippen molar-refractivity contribution in [3.05, 3.63) is 50.8 Å². The molecule has 0 saturated heterocycles. The Morgan fingerprint density at radius 3 is 2.52 bits per heavy atom. The normalized spacial score (nSPS) is 10.7. The number of methoxy groups -OCH3 is 2. The van der Waals surface area contributed by atoms with Crippen LogP contribution in [0.1, 0.15) is 27.0 Å². The number of benzene rings is 2. The van der Waals surface area contributed by atoms with Crippen LogP contribution in [0.25, 0.3) is 10.1 Å².